The summed E-state index contributed by atoms with van der Waals surface area (Å²) in [5.74, 6) is -0.266. The summed E-state index contributed by atoms with van der Waals surface area (Å²) in [7, 11) is -1.69. The van der Waals surface area contributed by atoms with Gasteiger partial charge in [0.25, 0.3) is 5.91 Å². The van der Waals surface area contributed by atoms with E-state index in [0.29, 0.717) is 11.1 Å². The summed E-state index contributed by atoms with van der Waals surface area (Å²) in [5, 5.41) is 1.99. The molecule has 0 aliphatic carbocycles. The first-order chi connectivity index (χ1) is 12.9. The number of rotatable bonds is 6. The lowest BCUT2D eigenvalue weighted by Crippen LogP contribution is -2.29. The maximum absolute atomic E-state index is 12.9. The second-order valence-corrected chi connectivity index (χ2v) is 9.35. The van der Waals surface area contributed by atoms with Gasteiger partial charge in [-0.3, -0.25) is 4.79 Å². The lowest BCUT2D eigenvalue weighted by atomic mass is 10.1. The van der Waals surface area contributed by atoms with Crippen LogP contribution in [0.15, 0.2) is 77.0 Å². The number of nitrogens with zero attached hydrogens (tertiary/aromatic N) is 1. The van der Waals surface area contributed by atoms with Gasteiger partial charge in [0.1, 0.15) is 0 Å². The molecule has 4 nitrogen and oxygen atoms in total. The minimum Gasteiger partial charge on any atom is -0.334 e. The number of carbonyl (C=O) groups is 1. The van der Waals surface area contributed by atoms with E-state index < -0.39 is 9.84 Å². The molecule has 1 amide bonds. The van der Waals surface area contributed by atoms with Gasteiger partial charge in [-0.05, 0) is 48.2 Å². The van der Waals surface area contributed by atoms with Gasteiger partial charge >= 0.3 is 0 Å². The van der Waals surface area contributed by atoms with Gasteiger partial charge in [0, 0.05) is 17.5 Å². The van der Waals surface area contributed by atoms with Crippen molar-refractivity contribution in [1.29, 1.82) is 0 Å². The topological polar surface area (TPSA) is 54.5 Å². The third-order valence-electron chi connectivity index (χ3n) is 4.49. The molecule has 140 valence electrons. The van der Waals surface area contributed by atoms with Crippen LogP contribution in [-0.4, -0.2) is 26.3 Å². The highest BCUT2D eigenvalue weighted by Gasteiger charge is 2.21. The Hall–Kier alpha value is -2.44. The molecule has 0 radical (unpaired) electrons. The molecule has 0 spiro atoms. The van der Waals surface area contributed by atoms with Crippen LogP contribution in [0, 0.1) is 0 Å². The zero-order valence-corrected chi connectivity index (χ0v) is 16.8. The third-order valence-corrected chi connectivity index (χ3v) is 7.24. The van der Waals surface area contributed by atoms with E-state index in [-0.39, 0.29) is 22.6 Å². The standard InChI is InChI=1S/C21H21NO3S2/c1-16(20-12-7-13-26-20)22(2)21(23)18-9-6-8-17(14-18)15-27(24,25)19-10-4-3-5-11-19/h3-14,16H,15H2,1-2H3. The Morgan fingerprint density at radius 1 is 1.04 bits per heavy atom. The van der Waals surface area contributed by atoms with Crippen LogP contribution in [0.4, 0.5) is 0 Å². The molecule has 0 fully saturated rings. The van der Waals surface area contributed by atoms with Crippen molar-refractivity contribution < 1.29 is 13.2 Å². The van der Waals surface area contributed by atoms with E-state index in [0.717, 1.165) is 4.88 Å². The number of hydrogen-bond acceptors (Lipinski definition) is 4. The van der Waals surface area contributed by atoms with E-state index in [4.69, 9.17) is 0 Å². The first kappa shape index (κ1) is 19.3. The van der Waals surface area contributed by atoms with Crippen molar-refractivity contribution in [3.8, 4) is 0 Å². The molecule has 6 heteroatoms. The van der Waals surface area contributed by atoms with Crippen molar-refractivity contribution >= 4 is 27.1 Å². The maximum Gasteiger partial charge on any atom is 0.254 e. The molecule has 0 saturated heterocycles. The first-order valence-corrected chi connectivity index (χ1v) is 11.1. The van der Waals surface area contributed by atoms with Crippen LogP contribution in [0.2, 0.25) is 0 Å². The summed E-state index contributed by atoms with van der Waals surface area (Å²) in [6, 6.07) is 19.1. The first-order valence-electron chi connectivity index (χ1n) is 8.56. The monoisotopic (exact) mass is 399 g/mol. The highest BCUT2D eigenvalue weighted by molar-refractivity contribution is 7.90. The van der Waals surface area contributed by atoms with E-state index >= 15 is 0 Å². The van der Waals surface area contributed by atoms with Crippen LogP contribution in [0.5, 0.6) is 0 Å². The summed E-state index contributed by atoms with van der Waals surface area (Å²) in [6.45, 7) is 1.98. The fourth-order valence-electron chi connectivity index (χ4n) is 2.82. The van der Waals surface area contributed by atoms with Crippen LogP contribution in [0.1, 0.15) is 33.8 Å². The summed E-state index contributed by atoms with van der Waals surface area (Å²) in [5.41, 5.74) is 1.09. The molecular formula is C21H21NO3S2. The SMILES string of the molecule is CC(c1cccs1)N(C)C(=O)c1cccc(CS(=O)(=O)c2ccccc2)c1. The van der Waals surface area contributed by atoms with E-state index in [9.17, 15) is 13.2 Å². The number of sulfone groups is 1. The van der Waals surface area contributed by atoms with Gasteiger partial charge in [-0.1, -0.05) is 36.4 Å². The minimum atomic E-state index is -3.45. The molecule has 3 aromatic rings. The smallest absolute Gasteiger partial charge is 0.254 e. The Bertz CT molecular complexity index is 1010. The van der Waals surface area contributed by atoms with Crippen LogP contribution in [0.25, 0.3) is 0 Å². The molecule has 2 aromatic carbocycles. The zero-order chi connectivity index (χ0) is 19.4. The normalized spacial score (nSPS) is 12.5. The van der Waals surface area contributed by atoms with Gasteiger partial charge in [0.05, 0.1) is 16.7 Å². The van der Waals surface area contributed by atoms with Gasteiger partial charge in [-0.2, -0.15) is 0 Å². The molecule has 0 saturated carbocycles. The summed E-state index contributed by atoms with van der Waals surface area (Å²) in [6.07, 6.45) is 0. The summed E-state index contributed by atoms with van der Waals surface area (Å²) < 4.78 is 25.2. The Morgan fingerprint density at radius 2 is 1.78 bits per heavy atom. The van der Waals surface area contributed by atoms with E-state index in [1.165, 1.54) is 0 Å². The highest BCUT2D eigenvalue weighted by atomic mass is 32.2. The van der Waals surface area contributed by atoms with Gasteiger partial charge in [-0.15, -0.1) is 11.3 Å². The quantitative estimate of drug-likeness (QED) is 0.611. The second kappa shape index (κ2) is 8.06. The van der Waals surface area contributed by atoms with Crippen molar-refractivity contribution in [2.24, 2.45) is 0 Å². The summed E-state index contributed by atoms with van der Waals surface area (Å²) >= 11 is 1.61. The number of carbonyl (C=O) groups excluding carboxylic acids is 1. The van der Waals surface area contributed by atoms with Crippen molar-refractivity contribution in [2.75, 3.05) is 7.05 Å². The molecule has 3 rings (SSSR count). The van der Waals surface area contributed by atoms with Crippen LogP contribution >= 0.6 is 11.3 Å². The van der Waals surface area contributed by atoms with Crippen molar-refractivity contribution in [3.05, 3.63) is 88.1 Å². The van der Waals surface area contributed by atoms with Crippen LogP contribution in [0.3, 0.4) is 0 Å². The Morgan fingerprint density at radius 3 is 2.44 bits per heavy atom. The van der Waals surface area contributed by atoms with Crippen molar-refractivity contribution in [2.45, 2.75) is 23.6 Å². The van der Waals surface area contributed by atoms with Crippen molar-refractivity contribution in [1.82, 2.24) is 4.90 Å². The molecule has 1 heterocycles. The number of amides is 1. The lowest BCUT2D eigenvalue weighted by Gasteiger charge is -2.24. The average molecular weight is 400 g/mol. The summed E-state index contributed by atoms with van der Waals surface area (Å²) in [4.78, 5) is 15.9. The fourth-order valence-corrected chi connectivity index (χ4v) is 5.01. The van der Waals surface area contributed by atoms with Gasteiger partial charge in [-0.25, -0.2) is 8.42 Å². The predicted octanol–water partition coefficient (Wildman–Crippen LogP) is 4.56. The van der Waals surface area contributed by atoms with Crippen LogP contribution in [-0.2, 0) is 15.6 Å². The molecule has 1 aromatic heterocycles. The highest BCUT2D eigenvalue weighted by Crippen LogP contribution is 2.25. The largest absolute Gasteiger partial charge is 0.334 e. The molecule has 0 bridgehead atoms. The molecule has 1 atom stereocenters. The molecule has 1 unspecified atom stereocenters. The predicted molar refractivity (Wildman–Crippen MR) is 109 cm³/mol. The van der Waals surface area contributed by atoms with Crippen LogP contribution < -0.4 is 0 Å². The minimum absolute atomic E-state index is 0.0470. The lowest BCUT2D eigenvalue weighted by molar-refractivity contribution is 0.0745. The molecule has 0 N–H and O–H groups in total. The number of thiophene rings is 1. The van der Waals surface area contributed by atoms with Crippen molar-refractivity contribution in [3.63, 3.8) is 0 Å². The molecule has 0 aliphatic rings. The van der Waals surface area contributed by atoms with E-state index in [1.54, 1.807) is 77.9 Å². The van der Waals surface area contributed by atoms with Gasteiger partial charge < -0.3 is 4.90 Å². The van der Waals surface area contributed by atoms with Gasteiger partial charge in [0.15, 0.2) is 9.84 Å². The number of hydrogen-bond donors (Lipinski definition) is 0. The average Bonchev–Trinajstić information content (AvgIpc) is 3.21. The van der Waals surface area contributed by atoms with E-state index in [1.807, 2.05) is 24.4 Å². The molecular weight excluding hydrogens is 378 g/mol. The Kier molecular flexibility index (Phi) is 5.77. The third kappa shape index (κ3) is 4.46. The van der Waals surface area contributed by atoms with Gasteiger partial charge in [0.2, 0.25) is 0 Å². The molecule has 27 heavy (non-hydrogen) atoms. The maximum atomic E-state index is 12.9. The Labute approximate surface area is 164 Å². The zero-order valence-electron chi connectivity index (χ0n) is 15.2. The molecule has 0 aliphatic heterocycles. The Balaban J connectivity index is 1.80. The number of benzene rings is 2. The van der Waals surface area contributed by atoms with E-state index in [2.05, 4.69) is 0 Å². The fraction of sp³-hybridized carbons (Fsp3) is 0.190. The second-order valence-electron chi connectivity index (χ2n) is 6.38.